The van der Waals surface area contributed by atoms with E-state index in [1.54, 1.807) is 43.5 Å². The van der Waals surface area contributed by atoms with Gasteiger partial charge in [0.05, 0.1) is 7.11 Å². The number of benzene rings is 2. The molecule has 0 aromatic heterocycles. The summed E-state index contributed by atoms with van der Waals surface area (Å²) >= 11 is 8.28. The van der Waals surface area contributed by atoms with Gasteiger partial charge in [-0.1, -0.05) is 40.3 Å². The molecule has 0 aliphatic heterocycles. The smallest absolute Gasteiger partial charge is 0.255 e. The Morgan fingerprint density at radius 2 is 1.95 bits per heavy atom. The van der Waals surface area contributed by atoms with Gasteiger partial charge in [-0.3, -0.25) is 4.79 Å². The molecule has 2 aromatic carbocycles. The van der Waals surface area contributed by atoms with Crippen LogP contribution in [-0.4, -0.2) is 18.0 Å². The standard InChI is InChI=1S/C15H13BrN2O2S/c1-20-13-7-11(16)6-12(8-13)18-15(19)10-4-2-3-9(5-10)14(17)21/h2-8H,1H3,(H2,17,21)(H,18,19). The Bertz CT molecular complexity index is 704. The van der Waals surface area contributed by atoms with E-state index in [0.717, 1.165) is 4.47 Å². The number of thiocarbonyl (C=S) groups is 1. The summed E-state index contributed by atoms with van der Waals surface area (Å²) in [7, 11) is 1.57. The van der Waals surface area contributed by atoms with Gasteiger partial charge >= 0.3 is 0 Å². The third-order valence-electron chi connectivity index (χ3n) is 2.77. The van der Waals surface area contributed by atoms with Crippen LogP contribution in [0.1, 0.15) is 15.9 Å². The average molecular weight is 365 g/mol. The fourth-order valence-corrected chi connectivity index (χ4v) is 2.37. The molecule has 0 aliphatic rings. The van der Waals surface area contributed by atoms with Crippen LogP contribution in [0.15, 0.2) is 46.9 Å². The van der Waals surface area contributed by atoms with Crippen molar-refractivity contribution < 1.29 is 9.53 Å². The fourth-order valence-electron chi connectivity index (χ4n) is 1.77. The molecule has 2 aromatic rings. The first-order valence-corrected chi connectivity index (χ1v) is 7.25. The van der Waals surface area contributed by atoms with Gasteiger partial charge in [-0.15, -0.1) is 0 Å². The van der Waals surface area contributed by atoms with E-state index >= 15 is 0 Å². The SMILES string of the molecule is COc1cc(Br)cc(NC(=O)c2cccc(C(N)=S)c2)c1. The molecule has 2 rings (SSSR count). The van der Waals surface area contributed by atoms with Crippen LogP contribution in [0.4, 0.5) is 5.69 Å². The molecule has 3 N–H and O–H groups in total. The lowest BCUT2D eigenvalue weighted by Crippen LogP contribution is -2.14. The highest BCUT2D eigenvalue weighted by molar-refractivity contribution is 9.10. The minimum atomic E-state index is -0.242. The lowest BCUT2D eigenvalue weighted by atomic mass is 10.1. The largest absolute Gasteiger partial charge is 0.497 e. The fraction of sp³-hybridized carbons (Fsp3) is 0.0667. The molecule has 0 aliphatic carbocycles. The third-order valence-corrected chi connectivity index (χ3v) is 3.47. The van der Waals surface area contributed by atoms with Gasteiger partial charge in [0.25, 0.3) is 5.91 Å². The summed E-state index contributed by atoms with van der Waals surface area (Å²) in [4.78, 5) is 12.5. The maximum absolute atomic E-state index is 12.2. The lowest BCUT2D eigenvalue weighted by molar-refractivity contribution is 0.102. The summed E-state index contributed by atoms with van der Waals surface area (Å²) in [6, 6.07) is 12.2. The summed E-state index contributed by atoms with van der Waals surface area (Å²) in [6.45, 7) is 0. The van der Waals surface area contributed by atoms with Gasteiger partial charge in [0.15, 0.2) is 0 Å². The topological polar surface area (TPSA) is 64.3 Å². The molecule has 108 valence electrons. The average Bonchev–Trinajstić information content (AvgIpc) is 2.46. The van der Waals surface area contributed by atoms with E-state index in [2.05, 4.69) is 21.2 Å². The number of halogens is 1. The number of nitrogens with two attached hydrogens (primary N) is 1. The zero-order valence-electron chi connectivity index (χ0n) is 11.2. The Hall–Kier alpha value is -1.92. The van der Waals surface area contributed by atoms with Crippen molar-refractivity contribution in [1.82, 2.24) is 0 Å². The number of nitrogens with one attached hydrogen (secondary N) is 1. The van der Waals surface area contributed by atoms with Crippen molar-refractivity contribution >= 4 is 44.7 Å². The number of rotatable bonds is 4. The van der Waals surface area contributed by atoms with Crippen LogP contribution in [0.25, 0.3) is 0 Å². The Morgan fingerprint density at radius 1 is 1.24 bits per heavy atom. The van der Waals surface area contributed by atoms with Crippen LogP contribution in [0.5, 0.6) is 5.75 Å². The van der Waals surface area contributed by atoms with Gasteiger partial charge in [0, 0.05) is 27.4 Å². The summed E-state index contributed by atoms with van der Waals surface area (Å²) < 4.78 is 5.97. The number of carbonyl (C=O) groups is 1. The Morgan fingerprint density at radius 3 is 2.62 bits per heavy atom. The number of anilines is 1. The van der Waals surface area contributed by atoms with E-state index in [0.29, 0.717) is 22.6 Å². The number of hydrogen-bond acceptors (Lipinski definition) is 3. The zero-order chi connectivity index (χ0) is 15.4. The van der Waals surface area contributed by atoms with Crippen LogP contribution < -0.4 is 15.8 Å². The molecule has 0 saturated heterocycles. The molecule has 0 unspecified atom stereocenters. The van der Waals surface area contributed by atoms with Crippen LogP contribution >= 0.6 is 28.1 Å². The molecule has 0 fully saturated rings. The molecule has 21 heavy (non-hydrogen) atoms. The van der Waals surface area contributed by atoms with E-state index in [4.69, 9.17) is 22.7 Å². The molecular weight excluding hydrogens is 352 g/mol. The molecule has 0 radical (unpaired) electrons. The molecule has 0 bridgehead atoms. The van der Waals surface area contributed by atoms with E-state index in [1.165, 1.54) is 0 Å². The second-order valence-corrected chi connectivity index (χ2v) is 5.63. The van der Waals surface area contributed by atoms with E-state index in [-0.39, 0.29) is 10.9 Å². The van der Waals surface area contributed by atoms with Gasteiger partial charge in [0.2, 0.25) is 0 Å². The number of amides is 1. The van der Waals surface area contributed by atoms with Gasteiger partial charge in [0.1, 0.15) is 10.7 Å². The molecule has 6 heteroatoms. The number of methoxy groups -OCH3 is 1. The van der Waals surface area contributed by atoms with Crippen molar-refractivity contribution in [2.45, 2.75) is 0 Å². The van der Waals surface area contributed by atoms with Crippen molar-refractivity contribution in [3.63, 3.8) is 0 Å². The molecule has 0 atom stereocenters. The predicted octanol–water partition coefficient (Wildman–Crippen LogP) is 3.34. The highest BCUT2D eigenvalue weighted by Crippen LogP contribution is 2.24. The van der Waals surface area contributed by atoms with E-state index in [1.807, 2.05) is 6.07 Å². The molecular formula is C15H13BrN2O2S. The molecule has 0 saturated carbocycles. The molecule has 4 nitrogen and oxygen atoms in total. The van der Waals surface area contributed by atoms with Crippen molar-refractivity contribution in [3.8, 4) is 5.75 Å². The van der Waals surface area contributed by atoms with Crippen molar-refractivity contribution in [2.24, 2.45) is 5.73 Å². The van der Waals surface area contributed by atoms with Crippen molar-refractivity contribution in [1.29, 1.82) is 0 Å². The Labute approximate surface area is 136 Å². The number of ether oxygens (including phenoxy) is 1. The zero-order valence-corrected chi connectivity index (χ0v) is 13.6. The second-order valence-electron chi connectivity index (χ2n) is 4.28. The quantitative estimate of drug-likeness (QED) is 0.816. The van der Waals surface area contributed by atoms with Crippen molar-refractivity contribution in [3.05, 3.63) is 58.1 Å². The normalized spacial score (nSPS) is 10.0. The van der Waals surface area contributed by atoms with Gasteiger partial charge in [-0.05, 0) is 24.3 Å². The van der Waals surface area contributed by atoms with Crippen molar-refractivity contribution in [2.75, 3.05) is 12.4 Å². The van der Waals surface area contributed by atoms with Gasteiger partial charge < -0.3 is 15.8 Å². The van der Waals surface area contributed by atoms with E-state index in [9.17, 15) is 4.79 Å². The summed E-state index contributed by atoms with van der Waals surface area (Å²) in [5, 5.41) is 2.81. The lowest BCUT2D eigenvalue weighted by Gasteiger charge is -2.09. The van der Waals surface area contributed by atoms with Gasteiger partial charge in [-0.25, -0.2) is 0 Å². The van der Waals surface area contributed by atoms with Crippen LogP contribution in [-0.2, 0) is 0 Å². The summed E-state index contributed by atoms with van der Waals surface area (Å²) in [5.41, 5.74) is 7.34. The molecule has 0 spiro atoms. The first-order valence-electron chi connectivity index (χ1n) is 6.05. The minimum Gasteiger partial charge on any atom is -0.497 e. The highest BCUT2D eigenvalue weighted by atomic mass is 79.9. The van der Waals surface area contributed by atoms with Crippen LogP contribution in [0.3, 0.4) is 0 Å². The Balaban J connectivity index is 2.23. The first kappa shape index (κ1) is 15.5. The Kier molecular flexibility index (Phi) is 4.93. The highest BCUT2D eigenvalue weighted by Gasteiger charge is 2.09. The second kappa shape index (κ2) is 6.69. The number of hydrogen-bond donors (Lipinski definition) is 2. The monoisotopic (exact) mass is 364 g/mol. The maximum Gasteiger partial charge on any atom is 0.255 e. The minimum absolute atomic E-state index is 0.242. The third kappa shape index (κ3) is 4.03. The predicted molar refractivity (Wildman–Crippen MR) is 91.0 cm³/mol. The van der Waals surface area contributed by atoms with Crippen LogP contribution in [0, 0.1) is 0 Å². The molecule has 1 amide bonds. The number of carbonyl (C=O) groups excluding carboxylic acids is 1. The first-order chi connectivity index (χ1) is 9.99. The van der Waals surface area contributed by atoms with Crippen LogP contribution in [0.2, 0.25) is 0 Å². The summed E-state index contributed by atoms with van der Waals surface area (Å²) in [5.74, 6) is 0.407. The van der Waals surface area contributed by atoms with Gasteiger partial charge in [-0.2, -0.15) is 0 Å². The molecule has 0 heterocycles. The summed E-state index contributed by atoms with van der Waals surface area (Å²) in [6.07, 6.45) is 0. The maximum atomic E-state index is 12.2. The van der Waals surface area contributed by atoms with E-state index < -0.39 is 0 Å².